The average molecular weight is 342 g/mol. The van der Waals surface area contributed by atoms with Crippen LogP contribution in [0.1, 0.15) is 47.5 Å². The van der Waals surface area contributed by atoms with E-state index in [-0.39, 0.29) is 5.57 Å². The second kappa shape index (κ2) is 8.03. The largest absolute Gasteiger partial charge is 0.444 e. The Labute approximate surface area is 141 Å². The molecule has 0 atom stereocenters. The maximum absolute atomic E-state index is 11.7. The van der Waals surface area contributed by atoms with Crippen LogP contribution >= 0.6 is 0 Å². The van der Waals surface area contributed by atoms with Crippen LogP contribution in [-0.2, 0) is 23.8 Å². The molecule has 8 heteroatoms. The van der Waals surface area contributed by atoms with Crippen LogP contribution in [0.2, 0.25) is 0 Å². The lowest BCUT2D eigenvalue weighted by Gasteiger charge is -2.29. The van der Waals surface area contributed by atoms with Gasteiger partial charge in [0.2, 0.25) is 0 Å². The number of nitrogens with one attached hydrogen (secondary N) is 2. The van der Waals surface area contributed by atoms with E-state index in [0.29, 0.717) is 13.1 Å². The van der Waals surface area contributed by atoms with Gasteiger partial charge in [0.1, 0.15) is 5.60 Å². The summed E-state index contributed by atoms with van der Waals surface area (Å²) in [7, 11) is 0. The molecule has 1 aliphatic heterocycles. The Morgan fingerprint density at radius 2 is 1.67 bits per heavy atom. The van der Waals surface area contributed by atoms with Gasteiger partial charge < -0.3 is 24.8 Å². The predicted octanol–water partition coefficient (Wildman–Crippen LogP) is 1.60. The molecule has 1 aliphatic rings. The molecular formula is C16H26N2O6. The topological polar surface area (TPSA) is 103 Å². The molecule has 1 amide bonds. The number of amides is 1. The third-order valence-corrected chi connectivity index (χ3v) is 2.78. The molecule has 1 rings (SSSR count). The molecule has 136 valence electrons. The van der Waals surface area contributed by atoms with Gasteiger partial charge in [-0.3, -0.25) is 0 Å². The van der Waals surface area contributed by atoms with Crippen molar-refractivity contribution >= 4 is 18.0 Å². The normalized spacial score (nSPS) is 16.8. The first kappa shape index (κ1) is 19.8. The number of ether oxygens (including phenoxy) is 3. The predicted molar refractivity (Wildman–Crippen MR) is 85.8 cm³/mol. The second-order valence-electron chi connectivity index (χ2n) is 6.83. The Morgan fingerprint density at radius 1 is 1.12 bits per heavy atom. The third-order valence-electron chi connectivity index (χ3n) is 2.78. The van der Waals surface area contributed by atoms with Crippen molar-refractivity contribution in [3.05, 3.63) is 11.8 Å². The van der Waals surface area contributed by atoms with Gasteiger partial charge in [-0.1, -0.05) is 0 Å². The van der Waals surface area contributed by atoms with E-state index in [1.807, 2.05) is 0 Å². The molecule has 0 aromatic heterocycles. The standard InChI is InChI=1S/C16H26N2O6/c1-15(2,3)24-14(21)18-9-7-6-8-17-10-11-12(19)22-16(4,5)23-13(11)20/h10,17H,6-9H2,1-5H3,(H,18,21). The third kappa shape index (κ3) is 7.34. The minimum absolute atomic E-state index is 0.166. The van der Waals surface area contributed by atoms with Crippen molar-refractivity contribution in [1.82, 2.24) is 10.6 Å². The fraction of sp³-hybridized carbons (Fsp3) is 0.688. The number of rotatable bonds is 6. The smallest absolute Gasteiger partial charge is 0.407 e. The van der Waals surface area contributed by atoms with Crippen molar-refractivity contribution < 1.29 is 28.6 Å². The second-order valence-corrected chi connectivity index (χ2v) is 6.83. The summed E-state index contributed by atoms with van der Waals surface area (Å²) < 4.78 is 15.0. The van der Waals surface area contributed by atoms with Crippen LogP contribution in [0.15, 0.2) is 11.8 Å². The molecule has 0 spiro atoms. The van der Waals surface area contributed by atoms with Crippen LogP contribution in [0.5, 0.6) is 0 Å². The fourth-order valence-electron chi connectivity index (χ4n) is 1.81. The lowest BCUT2D eigenvalue weighted by Crippen LogP contribution is -2.42. The lowest BCUT2D eigenvalue weighted by molar-refractivity contribution is -0.222. The Kier molecular flexibility index (Phi) is 6.62. The highest BCUT2D eigenvalue weighted by molar-refractivity contribution is 6.15. The summed E-state index contributed by atoms with van der Waals surface area (Å²) in [6.07, 6.45) is 2.29. The van der Waals surface area contributed by atoms with Gasteiger partial charge in [0, 0.05) is 33.1 Å². The van der Waals surface area contributed by atoms with E-state index in [9.17, 15) is 14.4 Å². The van der Waals surface area contributed by atoms with Crippen LogP contribution in [0.25, 0.3) is 0 Å². The van der Waals surface area contributed by atoms with Crippen molar-refractivity contribution in [3.63, 3.8) is 0 Å². The van der Waals surface area contributed by atoms with E-state index in [1.54, 1.807) is 20.8 Å². The van der Waals surface area contributed by atoms with Crippen molar-refractivity contribution in [3.8, 4) is 0 Å². The van der Waals surface area contributed by atoms with E-state index in [0.717, 1.165) is 12.8 Å². The van der Waals surface area contributed by atoms with Gasteiger partial charge in [0.15, 0.2) is 5.57 Å². The minimum atomic E-state index is -1.24. The Bertz CT molecular complexity index is 497. The van der Waals surface area contributed by atoms with Gasteiger partial charge >= 0.3 is 18.0 Å². The molecule has 8 nitrogen and oxygen atoms in total. The van der Waals surface area contributed by atoms with Gasteiger partial charge in [0.05, 0.1) is 0 Å². The highest BCUT2D eigenvalue weighted by atomic mass is 16.7. The Morgan fingerprint density at radius 3 is 2.21 bits per heavy atom. The van der Waals surface area contributed by atoms with Crippen molar-refractivity contribution in [2.24, 2.45) is 0 Å². The first-order valence-electron chi connectivity index (χ1n) is 7.87. The molecule has 1 saturated heterocycles. The summed E-state index contributed by atoms with van der Waals surface area (Å²) in [5.74, 6) is -2.66. The molecule has 0 saturated carbocycles. The van der Waals surface area contributed by atoms with Crippen LogP contribution in [0, 0.1) is 0 Å². The number of carbonyl (C=O) groups excluding carboxylic acids is 3. The van der Waals surface area contributed by atoms with E-state index >= 15 is 0 Å². The lowest BCUT2D eigenvalue weighted by atomic mass is 10.2. The minimum Gasteiger partial charge on any atom is -0.444 e. The van der Waals surface area contributed by atoms with Gasteiger partial charge in [0.25, 0.3) is 5.79 Å². The molecule has 24 heavy (non-hydrogen) atoms. The Balaban J connectivity index is 2.21. The van der Waals surface area contributed by atoms with Crippen LogP contribution in [0.3, 0.4) is 0 Å². The van der Waals surface area contributed by atoms with Gasteiger partial charge in [-0.15, -0.1) is 0 Å². The first-order chi connectivity index (χ1) is 11.0. The van der Waals surface area contributed by atoms with Crippen molar-refractivity contribution in [2.45, 2.75) is 58.8 Å². The molecule has 0 radical (unpaired) electrons. The average Bonchev–Trinajstić information content (AvgIpc) is 2.36. The molecule has 0 unspecified atom stereocenters. The van der Waals surface area contributed by atoms with E-state index < -0.39 is 29.4 Å². The van der Waals surface area contributed by atoms with Crippen LogP contribution in [0.4, 0.5) is 4.79 Å². The highest BCUT2D eigenvalue weighted by Gasteiger charge is 2.38. The molecule has 0 aromatic rings. The van der Waals surface area contributed by atoms with Gasteiger partial charge in [-0.05, 0) is 33.6 Å². The fourth-order valence-corrected chi connectivity index (χ4v) is 1.81. The maximum atomic E-state index is 11.7. The molecule has 2 N–H and O–H groups in total. The molecular weight excluding hydrogens is 316 g/mol. The molecule has 0 aliphatic carbocycles. The van der Waals surface area contributed by atoms with Crippen molar-refractivity contribution in [1.29, 1.82) is 0 Å². The molecule has 0 bridgehead atoms. The number of esters is 2. The summed E-state index contributed by atoms with van der Waals surface area (Å²) >= 11 is 0. The summed E-state index contributed by atoms with van der Waals surface area (Å²) in [5, 5.41) is 5.51. The number of hydrogen-bond acceptors (Lipinski definition) is 7. The summed E-state index contributed by atoms with van der Waals surface area (Å²) in [6, 6.07) is 0. The number of hydrogen-bond donors (Lipinski definition) is 2. The number of cyclic esters (lactones) is 2. The van der Waals surface area contributed by atoms with E-state index in [4.69, 9.17) is 14.2 Å². The van der Waals surface area contributed by atoms with Crippen LogP contribution in [-0.4, -0.2) is 42.5 Å². The number of carbonyl (C=O) groups is 3. The molecule has 0 aromatic carbocycles. The zero-order chi connectivity index (χ0) is 18.4. The SMILES string of the molecule is CC(C)(C)OC(=O)NCCCCNC=C1C(=O)OC(C)(C)OC1=O. The first-order valence-corrected chi connectivity index (χ1v) is 7.87. The summed E-state index contributed by atoms with van der Waals surface area (Å²) in [4.78, 5) is 34.8. The van der Waals surface area contributed by atoms with Crippen LogP contribution < -0.4 is 10.6 Å². The molecule has 1 fully saturated rings. The number of unbranched alkanes of at least 4 members (excludes halogenated alkanes) is 1. The molecule has 1 heterocycles. The quantitative estimate of drug-likeness (QED) is 0.327. The summed E-state index contributed by atoms with van der Waals surface area (Å²) in [6.45, 7) is 9.38. The van der Waals surface area contributed by atoms with Gasteiger partial charge in [-0.25, -0.2) is 14.4 Å². The maximum Gasteiger partial charge on any atom is 0.407 e. The van der Waals surface area contributed by atoms with E-state index in [2.05, 4.69) is 10.6 Å². The number of alkyl carbamates (subject to hydrolysis) is 1. The zero-order valence-corrected chi connectivity index (χ0v) is 14.9. The van der Waals surface area contributed by atoms with E-state index in [1.165, 1.54) is 20.0 Å². The summed E-state index contributed by atoms with van der Waals surface area (Å²) in [5.41, 5.74) is -0.684. The monoisotopic (exact) mass is 342 g/mol. The van der Waals surface area contributed by atoms with Gasteiger partial charge in [-0.2, -0.15) is 0 Å². The zero-order valence-electron chi connectivity index (χ0n) is 14.9. The van der Waals surface area contributed by atoms with Crippen molar-refractivity contribution in [2.75, 3.05) is 13.1 Å². The highest BCUT2D eigenvalue weighted by Crippen LogP contribution is 2.21. The Hall–Kier alpha value is -2.25.